The Balaban J connectivity index is 1.56. The minimum absolute atomic E-state index is 0.0238. The van der Waals surface area contributed by atoms with Crippen LogP contribution in [0.2, 0.25) is 0 Å². The van der Waals surface area contributed by atoms with Crippen LogP contribution in [0, 0.1) is 0 Å². The van der Waals surface area contributed by atoms with Gasteiger partial charge in [-0.1, -0.05) is 12.1 Å². The fourth-order valence-corrected chi connectivity index (χ4v) is 3.35. The Bertz CT molecular complexity index is 971. The topological polar surface area (TPSA) is 92.0 Å². The number of amides is 2. The summed E-state index contributed by atoms with van der Waals surface area (Å²) in [5, 5.41) is 16.8. The minimum atomic E-state index is -0.247. The number of imidazole rings is 1. The normalized spacial score (nSPS) is 16.7. The van der Waals surface area contributed by atoms with E-state index in [1.165, 1.54) is 0 Å². The van der Waals surface area contributed by atoms with E-state index in [0.717, 1.165) is 29.8 Å². The number of likely N-dealkylation sites (tertiary alicyclic amines) is 1. The molecule has 1 fully saturated rings. The summed E-state index contributed by atoms with van der Waals surface area (Å²) in [5.74, 6) is 1.19. The molecule has 4 rings (SSSR count). The molecule has 0 radical (unpaired) electrons. The Labute approximate surface area is 156 Å². The molecule has 8 heteroatoms. The van der Waals surface area contributed by atoms with Crippen molar-refractivity contribution >= 4 is 17.5 Å². The number of carbonyl (C=O) groups is 1. The average Bonchev–Trinajstić information content (AvgIpc) is 3.33. The van der Waals surface area contributed by atoms with Crippen LogP contribution in [0.4, 0.5) is 10.6 Å². The van der Waals surface area contributed by atoms with Crippen LogP contribution < -0.4 is 10.1 Å². The Morgan fingerprint density at radius 1 is 1.37 bits per heavy atom. The largest absolute Gasteiger partial charge is 0.497 e. The first-order valence-electron chi connectivity index (χ1n) is 8.87. The second-order valence-corrected chi connectivity index (χ2v) is 6.48. The average molecular weight is 367 g/mol. The summed E-state index contributed by atoms with van der Waals surface area (Å²) in [7, 11) is 1.63. The summed E-state index contributed by atoms with van der Waals surface area (Å²) in [6.07, 6.45) is 3.40. The molecule has 1 aliphatic rings. The van der Waals surface area contributed by atoms with Crippen molar-refractivity contribution < 1.29 is 14.6 Å². The van der Waals surface area contributed by atoms with Crippen molar-refractivity contribution in [3.05, 3.63) is 42.6 Å². The molecule has 27 heavy (non-hydrogen) atoms. The molecule has 0 saturated carbocycles. The predicted octanol–water partition coefficient (Wildman–Crippen LogP) is 2.39. The van der Waals surface area contributed by atoms with E-state index in [-0.39, 0.29) is 18.7 Å². The number of hydrogen-bond acceptors (Lipinski definition) is 5. The summed E-state index contributed by atoms with van der Waals surface area (Å²) in [5.41, 5.74) is 2.34. The monoisotopic (exact) mass is 367 g/mol. The Hall–Kier alpha value is -3.13. The van der Waals surface area contributed by atoms with Crippen molar-refractivity contribution in [3.63, 3.8) is 0 Å². The number of fused-ring (bicyclic) bond motifs is 1. The number of aromatic nitrogens is 3. The zero-order chi connectivity index (χ0) is 18.8. The third-order valence-corrected chi connectivity index (χ3v) is 4.77. The fourth-order valence-electron chi connectivity index (χ4n) is 3.35. The summed E-state index contributed by atoms with van der Waals surface area (Å²) >= 11 is 0. The van der Waals surface area contributed by atoms with Gasteiger partial charge in [-0.2, -0.15) is 5.10 Å². The molecule has 2 amide bonds. The molecule has 1 saturated heterocycles. The summed E-state index contributed by atoms with van der Waals surface area (Å²) < 4.78 is 6.90. The van der Waals surface area contributed by atoms with E-state index in [4.69, 9.17) is 4.74 Å². The van der Waals surface area contributed by atoms with Crippen LogP contribution in [0.3, 0.4) is 0 Å². The molecule has 2 N–H and O–H groups in total. The van der Waals surface area contributed by atoms with Crippen LogP contribution in [0.1, 0.15) is 12.8 Å². The van der Waals surface area contributed by atoms with Crippen LogP contribution in [0.15, 0.2) is 42.6 Å². The van der Waals surface area contributed by atoms with E-state index in [9.17, 15) is 9.90 Å². The van der Waals surface area contributed by atoms with Crippen LogP contribution in [-0.4, -0.2) is 56.9 Å². The van der Waals surface area contributed by atoms with Gasteiger partial charge in [0.2, 0.25) is 0 Å². The SMILES string of the molecule is COc1cccc(-c2ccc3nc(NC(=O)N4CCC[C@H]4CO)cn3n2)c1. The third-order valence-electron chi connectivity index (χ3n) is 4.77. The van der Waals surface area contributed by atoms with Gasteiger partial charge in [-0.15, -0.1) is 0 Å². The number of benzene rings is 1. The van der Waals surface area contributed by atoms with Crippen molar-refractivity contribution in [2.45, 2.75) is 18.9 Å². The summed E-state index contributed by atoms with van der Waals surface area (Å²) in [6, 6.07) is 11.0. The third kappa shape index (κ3) is 3.43. The number of ether oxygens (including phenoxy) is 1. The summed E-state index contributed by atoms with van der Waals surface area (Å²) in [6.45, 7) is 0.618. The second-order valence-electron chi connectivity index (χ2n) is 6.48. The highest BCUT2D eigenvalue weighted by atomic mass is 16.5. The second kappa shape index (κ2) is 7.24. The van der Waals surface area contributed by atoms with Crippen molar-refractivity contribution in [3.8, 4) is 17.0 Å². The predicted molar refractivity (Wildman–Crippen MR) is 101 cm³/mol. The highest BCUT2D eigenvalue weighted by Gasteiger charge is 2.28. The quantitative estimate of drug-likeness (QED) is 0.739. The molecule has 3 heterocycles. The van der Waals surface area contributed by atoms with Crippen molar-refractivity contribution in [1.29, 1.82) is 0 Å². The molecule has 0 unspecified atom stereocenters. The highest BCUT2D eigenvalue weighted by molar-refractivity contribution is 5.89. The number of methoxy groups -OCH3 is 1. The van der Waals surface area contributed by atoms with Gasteiger partial charge in [-0.05, 0) is 37.1 Å². The Morgan fingerprint density at radius 3 is 3.07 bits per heavy atom. The van der Waals surface area contributed by atoms with Crippen LogP contribution in [-0.2, 0) is 0 Å². The number of rotatable bonds is 4. The molecule has 0 aliphatic carbocycles. The smallest absolute Gasteiger partial charge is 0.323 e. The maximum absolute atomic E-state index is 12.4. The van der Waals surface area contributed by atoms with Gasteiger partial charge in [0.15, 0.2) is 11.5 Å². The van der Waals surface area contributed by atoms with E-state index in [1.807, 2.05) is 36.4 Å². The lowest BCUT2D eigenvalue weighted by Gasteiger charge is -2.22. The minimum Gasteiger partial charge on any atom is -0.497 e. The number of nitrogens with one attached hydrogen (secondary N) is 1. The number of nitrogens with zero attached hydrogens (tertiary/aromatic N) is 4. The van der Waals surface area contributed by atoms with Crippen molar-refractivity contribution in [2.24, 2.45) is 0 Å². The van der Waals surface area contributed by atoms with Gasteiger partial charge in [-0.3, -0.25) is 5.32 Å². The van der Waals surface area contributed by atoms with Crippen LogP contribution in [0.25, 0.3) is 16.9 Å². The standard InChI is InChI=1S/C19H21N5O3/c1-27-15-6-2-4-13(10-15)16-7-8-18-20-17(11-24(18)22-16)21-19(26)23-9-3-5-14(23)12-25/h2,4,6-8,10-11,14,25H,3,5,9,12H2,1H3,(H,21,26)/t14-/m0/s1. The number of aliphatic hydroxyl groups is 1. The van der Waals surface area contributed by atoms with E-state index in [0.29, 0.717) is 18.0 Å². The van der Waals surface area contributed by atoms with Gasteiger partial charge >= 0.3 is 6.03 Å². The first-order chi connectivity index (χ1) is 13.2. The first kappa shape index (κ1) is 17.3. The molecule has 1 aliphatic heterocycles. The zero-order valence-corrected chi connectivity index (χ0v) is 15.0. The number of urea groups is 1. The summed E-state index contributed by atoms with van der Waals surface area (Å²) in [4.78, 5) is 18.5. The van der Waals surface area contributed by atoms with Gasteiger partial charge in [0.25, 0.3) is 0 Å². The van der Waals surface area contributed by atoms with E-state index >= 15 is 0 Å². The van der Waals surface area contributed by atoms with Crippen molar-refractivity contribution in [1.82, 2.24) is 19.5 Å². The maximum Gasteiger partial charge on any atom is 0.323 e. The van der Waals surface area contributed by atoms with Gasteiger partial charge < -0.3 is 14.7 Å². The van der Waals surface area contributed by atoms with E-state index < -0.39 is 0 Å². The molecular weight excluding hydrogens is 346 g/mol. The van der Waals surface area contributed by atoms with Gasteiger partial charge in [0.1, 0.15) is 5.75 Å². The maximum atomic E-state index is 12.4. The fraction of sp³-hybridized carbons (Fsp3) is 0.316. The van der Waals surface area contributed by atoms with E-state index in [2.05, 4.69) is 15.4 Å². The van der Waals surface area contributed by atoms with Crippen molar-refractivity contribution in [2.75, 3.05) is 25.6 Å². The molecule has 2 aromatic heterocycles. The first-order valence-corrected chi connectivity index (χ1v) is 8.87. The molecule has 8 nitrogen and oxygen atoms in total. The van der Waals surface area contributed by atoms with Crippen LogP contribution in [0.5, 0.6) is 5.75 Å². The Morgan fingerprint density at radius 2 is 2.26 bits per heavy atom. The molecule has 0 spiro atoms. The molecule has 140 valence electrons. The zero-order valence-electron chi connectivity index (χ0n) is 15.0. The lowest BCUT2D eigenvalue weighted by molar-refractivity contribution is 0.166. The van der Waals surface area contributed by atoms with Gasteiger partial charge in [0.05, 0.1) is 31.6 Å². The van der Waals surface area contributed by atoms with E-state index in [1.54, 1.807) is 22.7 Å². The molecule has 1 aromatic carbocycles. The number of anilines is 1. The Kier molecular flexibility index (Phi) is 4.64. The van der Waals surface area contributed by atoms with Gasteiger partial charge in [-0.25, -0.2) is 14.3 Å². The van der Waals surface area contributed by atoms with Gasteiger partial charge in [0, 0.05) is 12.1 Å². The lowest BCUT2D eigenvalue weighted by Crippen LogP contribution is -2.40. The molecular formula is C19H21N5O3. The number of aliphatic hydroxyl groups excluding tert-OH is 1. The lowest BCUT2D eigenvalue weighted by atomic mass is 10.1. The molecule has 0 bridgehead atoms. The molecule has 3 aromatic rings. The molecule has 1 atom stereocenters. The number of hydrogen-bond donors (Lipinski definition) is 2. The van der Waals surface area contributed by atoms with Crippen LogP contribution >= 0.6 is 0 Å². The highest BCUT2D eigenvalue weighted by Crippen LogP contribution is 2.23. The number of carbonyl (C=O) groups excluding carboxylic acids is 1.